The van der Waals surface area contributed by atoms with Gasteiger partial charge in [0.15, 0.2) is 0 Å². The monoisotopic (exact) mass is 334 g/mol. The lowest BCUT2D eigenvalue weighted by Crippen LogP contribution is -2.53. The quantitative estimate of drug-likeness (QED) is 0.899. The number of β-amino-alcohol motifs (C(OH)–C–C–N with tert-alkyl or cyclic N) is 1. The van der Waals surface area contributed by atoms with Gasteiger partial charge < -0.3 is 9.52 Å². The summed E-state index contributed by atoms with van der Waals surface area (Å²) in [4.78, 5) is 4.56. The first-order valence-corrected chi connectivity index (χ1v) is 8.24. The van der Waals surface area contributed by atoms with Crippen LogP contribution in [0.25, 0.3) is 11.5 Å². The maximum atomic E-state index is 13.0. The molecule has 6 nitrogen and oxygen atoms in total. The SMILES string of the molecule is C[C@@H](O)CN1CCN(Cc2nnc(-c3ccc(F)cc3)o2)C[C@@H]1C. The van der Waals surface area contributed by atoms with Crippen LogP contribution in [0.1, 0.15) is 19.7 Å². The molecule has 24 heavy (non-hydrogen) atoms. The second-order valence-corrected chi connectivity index (χ2v) is 6.44. The summed E-state index contributed by atoms with van der Waals surface area (Å²) in [6.07, 6.45) is -0.312. The van der Waals surface area contributed by atoms with Gasteiger partial charge in [0, 0.05) is 37.8 Å². The standard InChI is InChI=1S/C17H23FN4O2/c1-12-9-21(7-8-22(12)10-13(2)23)11-16-19-20-17(24-16)14-3-5-15(18)6-4-14/h3-6,12-13,23H,7-11H2,1-2H3/t12-,13+/m0/s1. The van der Waals surface area contributed by atoms with Gasteiger partial charge in [0.25, 0.3) is 0 Å². The van der Waals surface area contributed by atoms with E-state index < -0.39 is 0 Å². The van der Waals surface area contributed by atoms with E-state index in [9.17, 15) is 9.50 Å². The molecule has 1 aromatic heterocycles. The first-order chi connectivity index (χ1) is 11.5. The number of hydrogen-bond acceptors (Lipinski definition) is 6. The summed E-state index contributed by atoms with van der Waals surface area (Å²) in [5.41, 5.74) is 0.713. The normalized spacial score (nSPS) is 21.1. The molecule has 3 rings (SSSR count). The van der Waals surface area contributed by atoms with Gasteiger partial charge in [0.05, 0.1) is 12.6 Å². The van der Waals surface area contributed by atoms with Crippen LogP contribution >= 0.6 is 0 Å². The Morgan fingerprint density at radius 3 is 2.71 bits per heavy atom. The van der Waals surface area contributed by atoms with E-state index in [4.69, 9.17) is 4.42 Å². The highest BCUT2D eigenvalue weighted by Gasteiger charge is 2.25. The zero-order chi connectivity index (χ0) is 17.1. The molecule has 1 aliphatic heterocycles. The molecule has 1 fully saturated rings. The van der Waals surface area contributed by atoms with Crippen LogP contribution in [0, 0.1) is 5.82 Å². The van der Waals surface area contributed by atoms with E-state index >= 15 is 0 Å². The van der Waals surface area contributed by atoms with Crippen LogP contribution in [0.3, 0.4) is 0 Å². The van der Waals surface area contributed by atoms with Gasteiger partial charge in [-0.15, -0.1) is 10.2 Å². The zero-order valence-electron chi connectivity index (χ0n) is 14.0. The molecule has 0 unspecified atom stereocenters. The molecule has 1 N–H and O–H groups in total. The molecule has 1 aromatic carbocycles. The lowest BCUT2D eigenvalue weighted by atomic mass is 10.1. The second-order valence-electron chi connectivity index (χ2n) is 6.44. The molecule has 1 saturated heterocycles. The summed E-state index contributed by atoms with van der Waals surface area (Å²) in [5, 5.41) is 17.7. The van der Waals surface area contributed by atoms with Crippen molar-refractivity contribution < 1.29 is 13.9 Å². The molecule has 0 amide bonds. The average molecular weight is 334 g/mol. The Balaban J connectivity index is 1.58. The lowest BCUT2D eigenvalue weighted by Gasteiger charge is -2.39. The number of hydrogen-bond donors (Lipinski definition) is 1. The smallest absolute Gasteiger partial charge is 0.247 e. The summed E-state index contributed by atoms with van der Waals surface area (Å²) < 4.78 is 18.7. The number of nitrogens with zero attached hydrogens (tertiary/aromatic N) is 4. The first kappa shape index (κ1) is 17.0. The predicted octanol–water partition coefficient (Wildman–Crippen LogP) is 1.76. The van der Waals surface area contributed by atoms with E-state index in [-0.39, 0.29) is 11.9 Å². The number of halogens is 1. The average Bonchev–Trinajstić information content (AvgIpc) is 2.99. The van der Waals surface area contributed by atoms with Gasteiger partial charge >= 0.3 is 0 Å². The Kier molecular flexibility index (Phi) is 5.23. The fourth-order valence-corrected chi connectivity index (χ4v) is 3.04. The Hall–Kier alpha value is -1.83. The van der Waals surface area contributed by atoms with E-state index in [2.05, 4.69) is 26.9 Å². The maximum absolute atomic E-state index is 13.0. The Morgan fingerprint density at radius 2 is 2.04 bits per heavy atom. The van der Waals surface area contributed by atoms with Gasteiger partial charge in [-0.3, -0.25) is 9.80 Å². The van der Waals surface area contributed by atoms with Crippen LogP contribution in [-0.2, 0) is 6.54 Å². The van der Waals surface area contributed by atoms with Crippen LogP contribution in [-0.4, -0.2) is 63.4 Å². The summed E-state index contributed by atoms with van der Waals surface area (Å²) in [6, 6.07) is 6.38. The summed E-state index contributed by atoms with van der Waals surface area (Å²) in [5.74, 6) is 0.679. The third-order valence-corrected chi connectivity index (χ3v) is 4.26. The van der Waals surface area contributed by atoms with Gasteiger partial charge in [0.1, 0.15) is 5.82 Å². The van der Waals surface area contributed by atoms with Gasteiger partial charge in [0.2, 0.25) is 11.8 Å². The van der Waals surface area contributed by atoms with Crippen molar-refractivity contribution in [3.05, 3.63) is 36.0 Å². The van der Waals surface area contributed by atoms with Crippen LogP contribution in [0.5, 0.6) is 0 Å². The number of aliphatic hydroxyl groups is 1. The van der Waals surface area contributed by atoms with Gasteiger partial charge in [-0.2, -0.15) is 0 Å². The van der Waals surface area contributed by atoms with E-state index in [1.807, 2.05) is 6.92 Å². The van der Waals surface area contributed by atoms with Crippen molar-refractivity contribution in [3.8, 4) is 11.5 Å². The van der Waals surface area contributed by atoms with Crippen LogP contribution in [0.2, 0.25) is 0 Å². The molecular formula is C17H23FN4O2. The van der Waals surface area contributed by atoms with Crippen molar-refractivity contribution >= 4 is 0 Å². The molecule has 2 heterocycles. The summed E-state index contributed by atoms with van der Waals surface area (Å²) in [6.45, 7) is 7.96. The van der Waals surface area contributed by atoms with Crippen LogP contribution < -0.4 is 0 Å². The van der Waals surface area contributed by atoms with Gasteiger partial charge in [-0.25, -0.2) is 4.39 Å². The zero-order valence-corrected chi connectivity index (χ0v) is 14.0. The molecule has 1 aliphatic rings. The van der Waals surface area contributed by atoms with Gasteiger partial charge in [-0.05, 0) is 38.1 Å². The van der Waals surface area contributed by atoms with Crippen LogP contribution in [0.15, 0.2) is 28.7 Å². The molecule has 2 aromatic rings. The minimum atomic E-state index is -0.312. The fraction of sp³-hybridized carbons (Fsp3) is 0.529. The maximum Gasteiger partial charge on any atom is 0.247 e. The molecule has 0 aliphatic carbocycles. The van der Waals surface area contributed by atoms with Crippen molar-refractivity contribution in [3.63, 3.8) is 0 Å². The number of aliphatic hydroxyl groups excluding tert-OH is 1. The highest BCUT2D eigenvalue weighted by Crippen LogP contribution is 2.19. The van der Waals surface area contributed by atoms with E-state index in [1.54, 1.807) is 12.1 Å². The first-order valence-electron chi connectivity index (χ1n) is 8.24. The Labute approximate surface area is 140 Å². The van der Waals surface area contributed by atoms with Crippen molar-refractivity contribution in [2.24, 2.45) is 0 Å². The highest BCUT2D eigenvalue weighted by molar-refractivity contribution is 5.51. The molecule has 0 bridgehead atoms. The number of benzene rings is 1. The highest BCUT2D eigenvalue weighted by atomic mass is 19.1. The molecular weight excluding hydrogens is 311 g/mol. The van der Waals surface area contributed by atoms with Gasteiger partial charge in [-0.1, -0.05) is 0 Å². The van der Waals surface area contributed by atoms with E-state index in [0.717, 1.165) is 19.6 Å². The molecule has 2 atom stereocenters. The lowest BCUT2D eigenvalue weighted by molar-refractivity contribution is 0.0393. The summed E-state index contributed by atoms with van der Waals surface area (Å²) >= 11 is 0. The fourth-order valence-electron chi connectivity index (χ4n) is 3.04. The number of rotatable bonds is 5. The number of piperazine rings is 1. The van der Waals surface area contributed by atoms with Crippen LogP contribution in [0.4, 0.5) is 4.39 Å². The van der Waals surface area contributed by atoms with Crippen molar-refractivity contribution in [1.82, 2.24) is 20.0 Å². The minimum Gasteiger partial charge on any atom is -0.419 e. The third kappa shape index (κ3) is 4.17. The largest absolute Gasteiger partial charge is 0.419 e. The third-order valence-electron chi connectivity index (χ3n) is 4.26. The van der Waals surface area contributed by atoms with E-state index in [0.29, 0.717) is 36.5 Å². The predicted molar refractivity (Wildman–Crippen MR) is 87.7 cm³/mol. The Bertz CT molecular complexity index is 659. The van der Waals surface area contributed by atoms with Crippen molar-refractivity contribution in [2.75, 3.05) is 26.2 Å². The second kappa shape index (κ2) is 7.38. The van der Waals surface area contributed by atoms with E-state index in [1.165, 1.54) is 12.1 Å². The minimum absolute atomic E-state index is 0.289. The summed E-state index contributed by atoms with van der Waals surface area (Å²) in [7, 11) is 0. The van der Waals surface area contributed by atoms with Crippen molar-refractivity contribution in [2.45, 2.75) is 32.5 Å². The molecule has 130 valence electrons. The number of aromatic nitrogens is 2. The van der Waals surface area contributed by atoms with Crippen molar-refractivity contribution in [1.29, 1.82) is 0 Å². The Morgan fingerprint density at radius 1 is 1.29 bits per heavy atom. The molecule has 0 spiro atoms. The molecule has 7 heteroatoms. The topological polar surface area (TPSA) is 65.6 Å². The molecule has 0 radical (unpaired) electrons. The molecule has 0 saturated carbocycles.